The fourth-order valence-corrected chi connectivity index (χ4v) is 3.18. The van der Waals surface area contributed by atoms with Crippen molar-refractivity contribution in [3.05, 3.63) is 82.9 Å². The van der Waals surface area contributed by atoms with Gasteiger partial charge in [0.15, 0.2) is 0 Å². The van der Waals surface area contributed by atoms with Crippen LogP contribution in [0.3, 0.4) is 0 Å². The monoisotopic (exact) mass is 364 g/mol. The molecule has 3 aromatic carbocycles. The lowest BCUT2D eigenvalue weighted by Crippen LogP contribution is -2.01. The molecular formula is C23H24O4. The number of rotatable bonds is 7. The number of phenolic OH excluding ortho intramolecular Hbond substituents is 2. The van der Waals surface area contributed by atoms with Crippen molar-refractivity contribution in [2.24, 2.45) is 0 Å². The molecule has 0 aliphatic carbocycles. The Morgan fingerprint density at radius 1 is 0.667 bits per heavy atom. The Balaban J connectivity index is 1.83. The van der Waals surface area contributed by atoms with Crippen LogP contribution in [-0.2, 0) is 19.3 Å². The first-order chi connectivity index (χ1) is 13.1. The molecule has 2 N–H and O–H groups in total. The number of benzene rings is 3. The van der Waals surface area contributed by atoms with Gasteiger partial charge in [-0.1, -0.05) is 24.3 Å². The highest BCUT2D eigenvalue weighted by molar-refractivity contribution is 5.51. The van der Waals surface area contributed by atoms with E-state index in [0.717, 1.165) is 46.6 Å². The quantitative estimate of drug-likeness (QED) is 0.648. The van der Waals surface area contributed by atoms with Gasteiger partial charge in [-0.2, -0.15) is 0 Å². The lowest BCUT2D eigenvalue weighted by Gasteiger charge is -2.16. The summed E-state index contributed by atoms with van der Waals surface area (Å²) >= 11 is 0. The van der Waals surface area contributed by atoms with Crippen LogP contribution in [0.2, 0.25) is 0 Å². The van der Waals surface area contributed by atoms with E-state index in [1.165, 1.54) is 0 Å². The van der Waals surface area contributed by atoms with Crippen molar-refractivity contribution < 1.29 is 19.7 Å². The topological polar surface area (TPSA) is 58.9 Å². The molecule has 27 heavy (non-hydrogen) atoms. The van der Waals surface area contributed by atoms with Crippen LogP contribution in [0.1, 0.15) is 22.3 Å². The molecular weight excluding hydrogens is 340 g/mol. The minimum Gasteiger partial charge on any atom is -0.508 e. The van der Waals surface area contributed by atoms with E-state index in [4.69, 9.17) is 9.47 Å². The minimum absolute atomic E-state index is 0.250. The third kappa shape index (κ3) is 4.73. The highest BCUT2D eigenvalue weighted by Gasteiger charge is 2.14. The van der Waals surface area contributed by atoms with E-state index in [0.29, 0.717) is 6.42 Å². The summed E-state index contributed by atoms with van der Waals surface area (Å²) < 4.78 is 11.3. The maximum atomic E-state index is 9.61. The van der Waals surface area contributed by atoms with Gasteiger partial charge in [0, 0.05) is 12.0 Å². The van der Waals surface area contributed by atoms with Gasteiger partial charge < -0.3 is 19.7 Å². The average molecular weight is 364 g/mol. The Bertz CT molecular complexity index is 876. The molecule has 0 radical (unpaired) electrons. The maximum Gasteiger partial charge on any atom is 0.126 e. The van der Waals surface area contributed by atoms with Gasteiger partial charge in [-0.3, -0.25) is 0 Å². The number of ether oxygens (including phenoxy) is 2. The first-order valence-electron chi connectivity index (χ1n) is 8.88. The highest BCUT2D eigenvalue weighted by Crippen LogP contribution is 2.33. The largest absolute Gasteiger partial charge is 0.508 e. The molecule has 140 valence electrons. The van der Waals surface area contributed by atoms with E-state index in [9.17, 15) is 10.2 Å². The van der Waals surface area contributed by atoms with Crippen molar-refractivity contribution in [2.75, 3.05) is 14.2 Å². The van der Waals surface area contributed by atoms with Crippen LogP contribution in [0.15, 0.2) is 60.7 Å². The van der Waals surface area contributed by atoms with Crippen LogP contribution in [0.5, 0.6) is 23.0 Å². The van der Waals surface area contributed by atoms with Crippen molar-refractivity contribution in [1.29, 1.82) is 0 Å². The van der Waals surface area contributed by atoms with Crippen molar-refractivity contribution >= 4 is 0 Å². The fraction of sp³-hybridized carbons (Fsp3) is 0.217. The molecule has 4 nitrogen and oxygen atoms in total. The molecule has 0 atom stereocenters. The summed E-state index contributed by atoms with van der Waals surface area (Å²) in [6, 6.07) is 18.5. The number of hydrogen-bond acceptors (Lipinski definition) is 4. The zero-order valence-electron chi connectivity index (χ0n) is 15.6. The zero-order chi connectivity index (χ0) is 19.2. The molecule has 3 aromatic rings. The molecule has 0 fully saturated rings. The molecule has 4 heteroatoms. The fourth-order valence-electron chi connectivity index (χ4n) is 3.18. The zero-order valence-corrected chi connectivity index (χ0v) is 15.6. The van der Waals surface area contributed by atoms with Gasteiger partial charge in [-0.05, 0) is 65.9 Å². The third-order valence-corrected chi connectivity index (χ3v) is 4.60. The summed E-state index contributed by atoms with van der Waals surface area (Å²) in [5.41, 5.74) is 4.24. The van der Waals surface area contributed by atoms with Crippen LogP contribution in [0.25, 0.3) is 0 Å². The Morgan fingerprint density at radius 2 is 1.30 bits per heavy atom. The summed E-state index contributed by atoms with van der Waals surface area (Å²) in [6.45, 7) is 0. The van der Waals surface area contributed by atoms with Crippen LogP contribution in [-0.4, -0.2) is 24.4 Å². The van der Waals surface area contributed by atoms with Crippen LogP contribution in [0.4, 0.5) is 0 Å². The lowest BCUT2D eigenvalue weighted by atomic mass is 9.98. The van der Waals surface area contributed by atoms with E-state index < -0.39 is 0 Å². The van der Waals surface area contributed by atoms with Crippen LogP contribution < -0.4 is 9.47 Å². The highest BCUT2D eigenvalue weighted by atomic mass is 16.5. The number of methoxy groups -OCH3 is 2. The van der Waals surface area contributed by atoms with Crippen molar-refractivity contribution in [2.45, 2.75) is 19.3 Å². The molecule has 0 amide bonds. The van der Waals surface area contributed by atoms with E-state index in [1.54, 1.807) is 38.5 Å². The van der Waals surface area contributed by atoms with Gasteiger partial charge in [0.25, 0.3) is 0 Å². The first kappa shape index (κ1) is 18.6. The molecule has 0 spiro atoms. The Morgan fingerprint density at radius 3 is 1.89 bits per heavy atom. The Hall–Kier alpha value is -3.14. The maximum absolute atomic E-state index is 9.61. The van der Waals surface area contributed by atoms with Crippen molar-refractivity contribution in [3.63, 3.8) is 0 Å². The smallest absolute Gasteiger partial charge is 0.126 e. The summed E-state index contributed by atoms with van der Waals surface area (Å²) in [7, 11) is 3.32. The first-order valence-corrected chi connectivity index (χ1v) is 8.88. The molecule has 0 unspecified atom stereocenters. The minimum atomic E-state index is 0.250. The second-order valence-electron chi connectivity index (χ2n) is 6.49. The number of hydrogen-bond donors (Lipinski definition) is 2. The summed E-state index contributed by atoms with van der Waals surface area (Å²) in [4.78, 5) is 0. The normalized spacial score (nSPS) is 10.6. The SMILES string of the molecule is COc1cc(CCc2cccc(O)c2)cc(OC)c1Cc1ccc(O)cc1. The van der Waals surface area contributed by atoms with Gasteiger partial charge in [-0.15, -0.1) is 0 Å². The molecule has 0 heterocycles. The lowest BCUT2D eigenvalue weighted by molar-refractivity contribution is 0.386. The second kappa shape index (κ2) is 8.49. The average Bonchev–Trinajstić information content (AvgIpc) is 2.68. The summed E-state index contributed by atoms with van der Waals surface area (Å²) in [5.74, 6) is 2.11. The molecule has 0 bridgehead atoms. The van der Waals surface area contributed by atoms with Crippen LogP contribution in [0, 0.1) is 0 Å². The van der Waals surface area contributed by atoms with Gasteiger partial charge in [0.05, 0.1) is 14.2 Å². The van der Waals surface area contributed by atoms with Crippen molar-refractivity contribution in [3.8, 4) is 23.0 Å². The summed E-state index contributed by atoms with van der Waals surface area (Å²) in [6.07, 6.45) is 2.28. The Labute approximate surface area is 159 Å². The number of aromatic hydroxyl groups is 2. The standard InChI is InChI=1S/C23H24O4/c1-26-22-14-18(7-6-16-4-3-5-20(25)12-16)15-23(27-2)21(22)13-17-8-10-19(24)11-9-17/h3-5,8-12,14-15,24-25H,6-7,13H2,1-2H3. The number of phenols is 2. The van der Waals surface area contributed by atoms with E-state index in [2.05, 4.69) is 0 Å². The van der Waals surface area contributed by atoms with E-state index >= 15 is 0 Å². The van der Waals surface area contributed by atoms with Gasteiger partial charge in [0.1, 0.15) is 23.0 Å². The second-order valence-corrected chi connectivity index (χ2v) is 6.49. The molecule has 0 aromatic heterocycles. The Kier molecular flexibility index (Phi) is 5.87. The molecule has 0 saturated carbocycles. The predicted molar refractivity (Wildman–Crippen MR) is 106 cm³/mol. The van der Waals surface area contributed by atoms with Crippen molar-refractivity contribution in [1.82, 2.24) is 0 Å². The third-order valence-electron chi connectivity index (χ3n) is 4.60. The van der Waals surface area contributed by atoms with E-state index in [-0.39, 0.29) is 11.5 Å². The van der Waals surface area contributed by atoms with Gasteiger partial charge in [0.2, 0.25) is 0 Å². The van der Waals surface area contributed by atoms with E-state index in [1.807, 2.05) is 36.4 Å². The van der Waals surface area contributed by atoms with Crippen LogP contribution >= 0.6 is 0 Å². The molecule has 0 aliphatic heterocycles. The van der Waals surface area contributed by atoms with Gasteiger partial charge >= 0.3 is 0 Å². The number of aryl methyl sites for hydroxylation is 2. The summed E-state index contributed by atoms with van der Waals surface area (Å²) in [5, 5.41) is 19.1. The molecule has 3 rings (SSSR count). The molecule has 0 saturated heterocycles. The molecule has 0 aliphatic rings. The van der Waals surface area contributed by atoms with Gasteiger partial charge in [-0.25, -0.2) is 0 Å². The predicted octanol–water partition coefficient (Wildman–Crippen LogP) is 4.49.